The Morgan fingerprint density at radius 3 is 2.90 bits per heavy atom. The summed E-state index contributed by atoms with van der Waals surface area (Å²) in [5, 5.41) is 8.77. The van der Waals surface area contributed by atoms with Crippen LogP contribution >= 0.6 is 22.9 Å². The van der Waals surface area contributed by atoms with Crippen LogP contribution in [0, 0.1) is 0 Å². The monoisotopic (exact) mass is 334 g/mol. The van der Waals surface area contributed by atoms with Crippen LogP contribution in [0.3, 0.4) is 0 Å². The van der Waals surface area contributed by atoms with Crippen molar-refractivity contribution in [3.63, 3.8) is 0 Å². The van der Waals surface area contributed by atoms with Crippen LogP contribution in [0.1, 0.15) is 12.8 Å². The first-order valence-corrected chi connectivity index (χ1v) is 8.54. The van der Waals surface area contributed by atoms with Gasteiger partial charge in [-0.1, -0.05) is 11.6 Å². The zero-order valence-corrected chi connectivity index (χ0v) is 12.6. The SMILES string of the molecule is O=C(O)CCCS(=O)(=O)Nc1c(Cl)ccc2scnc12. The minimum absolute atomic E-state index is 0.0370. The van der Waals surface area contributed by atoms with Gasteiger partial charge in [0.15, 0.2) is 0 Å². The Morgan fingerprint density at radius 2 is 2.20 bits per heavy atom. The molecular formula is C11H11ClN2O4S2. The number of sulfonamides is 1. The summed E-state index contributed by atoms with van der Waals surface area (Å²) in [4.78, 5) is 14.5. The molecule has 2 N–H and O–H groups in total. The number of thiazole rings is 1. The van der Waals surface area contributed by atoms with E-state index in [2.05, 4.69) is 9.71 Å². The van der Waals surface area contributed by atoms with Crippen molar-refractivity contribution in [2.45, 2.75) is 12.8 Å². The smallest absolute Gasteiger partial charge is 0.303 e. The second-order valence-electron chi connectivity index (χ2n) is 4.04. The number of rotatable bonds is 6. The number of aromatic nitrogens is 1. The molecule has 0 bridgehead atoms. The Morgan fingerprint density at radius 1 is 1.45 bits per heavy atom. The molecule has 0 saturated heterocycles. The lowest BCUT2D eigenvalue weighted by molar-refractivity contribution is -0.137. The fourth-order valence-corrected chi connectivity index (χ4v) is 3.71. The topological polar surface area (TPSA) is 96.4 Å². The van der Waals surface area contributed by atoms with Crippen molar-refractivity contribution in [1.82, 2.24) is 4.98 Å². The molecule has 20 heavy (non-hydrogen) atoms. The van der Waals surface area contributed by atoms with Crippen molar-refractivity contribution in [1.29, 1.82) is 0 Å². The number of fused-ring (bicyclic) bond motifs is 1. The lowest BCUT2D eigenvalue weighted by atomic mass is 10.3. The average Bonchev–Trinajstić information content (AvgIpc) is 2.80. The van der Waals surface area contributed by atoms with Gasteiger partial charge in [0, 0.05) is 6.42 Å². The van der Waals surface area contributed by atoms with Gasteiger partial charge in [-0.25, -0.2) is 13.4 Å². The maximum Gasteiger partial charge on any atom is 0.303 e. The van der Waals surface area contributed by atoms with Crippen LogP contribution in [-0.2, 0) is 14.8 Å². The molecule has 0 aliphatic carbocycles. The third-order valence-corrected chi connectivity index (χ3v) is 4.96. The highest BCUT2D eigenvalue weighted by molar-refractivity contribution is 7.92. The third-order valence-electron chi connectivity index (χ3n) is 2.51. The van der Waals surface area contributed by atoms with E-state index in [1.807, 2.05) is 0 Å². The van der Waals surface area contributed by atoms with E-state index >= 15 is 0 Å². The highest BCUT2D eigenvalue weighted by atomic mass is 35.5. The van der Waals surface area contributed by atoms with Gasteiger partial charge in [-0.2, -0.15) is 0 Å². The third kappa shape index (κ3) is 3.59. The second kappa shape index (κ2) is 5.94. The zero-order valence-electron chi connectivity index (χ0n) is 10.2. The Hall–Kier alpha value is -1.38. The molecular weight excluding hydrogens is 324 g/mol. The zero-order chi connectivity index (χ0) is 14.8. The first kappa shape index (κ1) is 15.0. The largest absolute Gasteiger partial charge is 0.481 e. The van der Waals surface area contributed by atoms with Crippen LogP contribution < -0.4 is 4.72 Å². The molecule has 0 spiro atoms. The van der Waals surface area contributed by atoms with E-state index < -0.39 is 16.0 Å². The highest BCUT2D eigenvalue weighted by Gasteiger charge is 2.16. The molecule has 1 aromatic heterocycles. The molecule has 0 aliphatic heterocycles. The van der Waals surface area contributed by atoms with E-state index in [4.69, 9.17) is 16.7 Å². The Bertz CT molecular complexity index is 742. The highest BCUT2D eigenvalue weighted by Crippen LogP contribution is 2.32. The van der Waals surface area contributed by atoms with Gasteiger partial charge in [0.1, 0.15) is 5.52 Å². The van der Waals surface area contributed by atoms with Gasteiger partial charge in [-0.3, -0.25) is 9.52 Å². The van der Waals surface area contributed by atoms with Crippen LogP contribution in [0.4, 0.5) is 5.69 Å². The molecule has 0 atom stereocenters. The molecule has 1 aromatic carbocycles. The summed E-state index contributed by atoms with van der Waals surface area (Å²) in [6.07, 6.45) is -0.162. The number of nitrogens with one attached hydrogen (secondary N) is 1. The standard InChI is InChI=1S/C11H11ClN2O4S2/c12-7-3-4-8-11(13-6-19-8)10(7)14-20(17,18)5-1-2-9(15)16/h3-4,6,14H,1-2,5H2,(H,15,16). The molecule has 6 nitrogen and oxygen atoms in total. The fourth-order valence-electron chi connectivity index (χ4n) is 1.62. The van der Waals surface area contributed by atoms with Crippen molar-refractivity contribution in [3.05, 3.63) is 22.7 Å². The molecule has 0 saturated carbocycles. The van der Waals surface area contributed by atoms with Crippen LogP contribution in [0.2, 0.25) is 5.02 Å². The predicted octanol–water partition coefficient (Wildman–Crippen LogP) is 2.56. The molecule has 0 radical (unpaired) electrons. The maximum atomic E-state index is 11.9. The number of halogens is 1. The summed E-state index contributed by atoms with van der Waals surface area (Å²) in [7, 11) is -3.66. The minimum Gasteiger partial charge on any atom is -0.481 e. The van der Waals surface area contributed by atoms with Crippen molar-refractivity contribution >= 4 is 54.8 Å². The molecule has 2 rings (SSSR count). The number of anilines is 1. The van der Waals surface area contributed by atoms with Gasteiger partial charge in [0.05, 0.1) is 26.7 Å². The molecule has 0 fully saturated rings. The lowest BCUT2D eigenvalue weighted by Gasteiger charge is -2.09. The van der Waals surface area contributed by atoms with Gasteiger partial charge >= 0.3 is 5.97 Å². The molecule has 0 amide bonds. The summed E-state index contributed by atoms with van der Waals surface area (Å²) >= 11 is 7.37. The van der Waals surface area contributed by atoms with Gasteiger partial charge in [0.2, 0.25) is 10.0 Å². The van der Waals surface area contributed by atoms with Crippen LogP contribution in [0.5, 0.6) is 0 Å². The number of carboxylic acid groups (broad SMARTS) is 1. The van der Waals surface area contributed by atoms with Gasteiger partial charge in [-0.05, 0) is 18.6 Å². The van der Waals surface area contributed by atoms with E-state index in [9.17, 15) is 13.2 Å². The fraction of sp³-hybridized carbons (Fsp3) is 0.273. The number of benzene rings is 1. The van der Waals surface area contributed by atoms with Crippen LogP contribution in [0.25, 0.3) is 10.2 Å². The summed E-state index contributed by atoms with van der Waals surface area (Å²) in [5.41, 5.74) is 2.33. The number of hydrogen-bond donors (Lipinski definition) is 2. The van der Waals surface area contributed by atoms with E-state index in [1.165, 1.54) is 11.3 Å². The Kier molecular flexibility index (Phi) is 4.46. The number of nitrogens with zero attached hydrogens (tertiary/aromatic N) is 1. The van der Waals surface area contributed by atoms with E-state index in [1.54, 1.807) is 17.6 Å². The lowest BCUT2D eigenvalue weighted by Crippen LogP contribution is -2.18. The van der Waals surface area contributed by atoms with Crippen molar-refractivity contribution in [3.8, 4) is 0 Å². The second-order valence-corrected chi connectivity index (χ2v) is 7.18. The van der Waals surface area contributed by atoms with Crippen molar-refractivity contribution < 1.29 is 18.3 Å². The van der Waals surface area contributed by atoms with E-state index in [0.717, 1.165) is 4.70 Å². The molecule has 0 aliphatic rings. The number of carbonyl (C=O) groups is 1. The minimum atomic E-state index is -3.66. The predicted molar refractivity (Wildman–Crippen MR) is 78.9 cm³/mol. The van der Waals surface area contributed by atoms with Crippen molar-refractivity contribution in [2.24, 2.45) is 0 Å². The van der Waals surface area contributed by atoms with Gasteiger partial charge < -0.3 is 5.11 Å². The molecule has 9 heteroatoms. The summed E-state index contributed by atoms with van der Waals surface area (Å²) in [6.45, 7) is 0. The number of hydrogen-bond acceptors (Lipinski definition) is 5. The normalized spacial score (nSPS) is 11.7. The first-order chi connectivity index (χ1) is 9.39. The molecule has 2 aromatic rings. The molecule has 108 valence electrons. The van der Waals surface area contributed by atoms with Crippen molar-refractivity contribution in [2.75, 3.05) is 10.5 Å². The summed E-state index contributed by atoms with van der Waals surface area (Å²) in [6, 6.07) is 3.36. The molecule has 0 unspecified atom stereocenters. The summed E-state index contributed by atoms with van der Waals surface area (Å²) in [5.74, 6) is -1.31. The average molecular weight is 335 g/mol. The number of carboxylic acids is 1. The van der Waals surface area contributed by atoms with E-state index in [-0.39, 0.29) is 29.3 Å². The van der Waals surface area contributed by atoms with Crippen LogP contribution in [-0.4, -0.2) is 30.2 Å². The van der Waals surface area contributed by atoms with Crippen LogP contribution in [0.15, 0.2) is 17.6 Å². The summed E-state index contributed by atoms with van der Waals surface area (Å²) < 4.78 is 27.0. The quantitative estimate of drug-likeness (QED) is 0.846. The van der Waals surface area contributed by atoms with Gasteiger partial charge in [-0.15, -0.1) is 11.3 Å². The Labute approximate surface area is 124 Å². The number of aliphatic carboxylic acids is 1. The Balaban J connectivity index is 2.20. The maximum absolute atomic E-state index is 11.9. The first-order valence-electron chi connectivity index (χ1n) is 5.63. The molecule has 1 heterocycles. The van der Waals surface area contributed by atoms with Gasteiger partial charge in [0.25, 0.3) is 0 Å². The van der Waals surface area contributed by atoms with E-state index in [0.29, 0.717) is 5.52 Å².